The summed E-state index contributed by atoms with van der Waals surface area (Å²) < 4.78 is 29.0. The van der Waals surface area contributed by atoms with Gasteiger partial charge in [0.15, 0.2) is 11.0 Å². The van der Waals surface area contributed by atoms with Crippen molar-refractivity contribution in [3.63, 3.8) is 0 Å². The second kappa shape index (κ2) is 11.0. The molecule has 0 aliphatic rings. The summed E-state index contributed by atoms with van der Waals surface area (Å²) in [5, 5.41) is 20.5. The number of nitro groups is 1. The fourth-order valence-electron chi connectivity index (χ4n) is 3.81. The van der Waals surface area contributed by atoms with Gasteiger partial charge in [-0.2, -0.15) is 0 Å². The van der Waals surface area contributed by atoms with E-state index >= 15 is 0 Å². The van der Waals surface area contributed by atoms with Crippen LogP contribution in [0.25, 0.3) is 5.69 Å². The summed E-state index contributed by atoms with van der Waals surface area (Å²) in [6, 6.07) is 22.9. The molecule has 0 saturated heterocycles. The first-order chi connectivity index (χ1) is 17.2. The molecule has 0 bridgehead atoms. The maximum atomic E-state index is 12.3. The van der Waals surface area contributed by atoms with Crippen LogP contribution in [0.15, 0.2) is 84.0 Å². The molecule has 1 aromatic heterocycles. The van der Waals surface area contributed by atoms with Crippen LogP contribution in [-0.4, -0.2) is 34.4 Å². The van der Waals surface area contributed by atoms with E-state index in [1.807, 2.05) is 55.5 Å². The van der Waals surface area contributed by atoms with Crippen molar-refractivity contribution in [2.45, 2.75) is 30.3 Å². The van der Waals surface area contributed by atoms with Gasteiger partial charge in [-0.25, -0.2) is 13.1 Å². The van der Waals surface area contributed by atoms with Crippen molar-refractivity contribution in [3.05, 3.63) is 111 Å². The number of nitrogens with one attached hydrogen (secondary N) is 1. The zero-order valence-electron chi connectivity index (χ0n) is 19.7. The summed E-state index contributed by atoms with van der Waals surface area (Å²) in [5.41, 5.74) is 3.73. The summed E-state index contributed by atoms with van der Waals surface area (Å²) in [6.07, 6.45) is 1.45. The van der Waals surface area contributed by atoms with Crippen molar-refractivity contribution in [3.8, 4) is 5.69 Å². The first kappa shape index (κ1) is 25.5. The Morgan fingerprint density at radius 1 is 1.00 bits per heavy atom. The molecule has 1 unspecified atom stereocenters. The first-order valence-corrected chi connectivity index (χ1v) is 14.0. The van der Waals surface area contributed by atoms with Crippen LogP contribution >= 0.6 is 11.8 Å². The van der Waals surface area contributed by atoms with Crippen molar-refractivity contribution < 1.29 is 13.3 Å². The number of hydrogen-bond donors (Lipinski definition) is 1. The second-order valence-electron chi connectivity index (χ2n) is 8.36. The monoisotopic (exact) mass is 523 g/mol. The lowest BCUT2D eigenvalue weighted by Crippen LogP contribution is -2.31. The summed E-state index contributed by atoms with van der Waals surface area (Å²) in [4.78, 5) is 10.7. The van der Waals surface area contributed by atoms with Crippen molar-refractivity contribution in [1.29, 1.82) is 0 Å². The predicted molar refractivity (Wildman–Crippen MR) is 140 cm³/mol. The molecule has 1 N–H and O–H groups in total. The van der Waals surface area contributed by atoms with E-state index in [2.05, 4.69) is 21.0 Å². The zero-order valence-corrected chi connectivity index (χ0v) is 21.4. The quantitative estimate of drug-likeness (QED) is 0.183. The molecule has 36 heavy (non-hydrogen) atoms. The predicted octanol–water partition coefficient (Wildman–Crippen LogP) is 4.61. The van der Waals surface area contributed by atoms with Gasteiger partial charge >= 0.3 is 0 Å². The third kappa shape index (κ3) is 6.56. The average molecular weight is 524 g/mol. The van der Waals surface area contributed by atoms with Crippen molar-refractivity contribution >= 4 is 27.5 Å². The van der Waals surface area contributed by atoms with Crippen molar-refractivity contribution in [2.75, 3.05) is 6.26 Å². The van der Waals surface area contributed by atoms with Crippen LogP contribution in [0.1, 0.15) is 28.6 Å². The van der Waals surface area contributed by atoms with Gasteiger partial charge in [0.2, 0.25) is 10.0 Å². The van der Waals surface area contributed by atoms with E-state index in [0.717, 1.165) is 22.9 Å². The number of hydrogen-bond acceptors (Lipinski definition) is 7. The molecule has 1 heterocycles. The van der Waals surface area contributed by atoms with E-state index in [1.54, 1.807) is 16.7 Å². The Morgan fingerprint density at radius 3 is 2.33 bits per heavy atom. The van der Waals surface area contributed by atoms with Gasteiger partial charge in [0.1, 0.15) is 0 Å². The lowest BCUT2D eigenvalue weighted by molar-refractivity contribution is -0.384. The van der Waals surface area contributed by atoms with E-state index in [9.17, 15) is 18.5 Å². The molecule has 0 fully saturated rings. The molecule has 3 aromatic carbocycles. The molecule has 9 nitrogen and oxygen atoms in total. The van der Waals surface area contributed by atoms with Gasteiger partial charge in [-0.15, -0.1) is 10.2 Å². The fourth-order valence-corrected chi connectivity index (χ4v) is 5.42. The van der Waals surface area contributed by atoms with Gasteiger partial charge in [-0.05, 0) is 36.6 Å². The summed E-state index contributed by atoms with van der Waals surface area (Å²) >= 11 is 1.45. The number of aromatic nitrogens is 3. The molecule has 4 rings (SSSR count). The lowest BCUT2D eigenvalue weighted by atomic mass is 10.1. The average Bonchev–Trinajstić information content (AvgIpc) is 3.26. The molecule has 0 radical (unpaired) electrons. The van der Waals surface area contributed by atoms with Crippen LogP contribution in [-0.2, 0) is 22.2 Å². The second-order valence-corrected chi connectivity index (χ2v) is 11.1. The molecule has 0 aliphatic heterocycles. The van der Waals surface area contributed by atoms with Gasteiger partial charge < -0.3 is 0 Å². The molecule has 0 amide bonds. The van der Waals surface area contributed by atoms with Gasteiger partial charge in [-0.1, -0.05) is 71.9 Å². The Morgan fingerprint density at radius 2 is 1.69 bits per heavy atom. The van der Waals surface area contributed by atoms with Gasteiger partial charge in [0, 0.05) is 23.6 Å². The summed E-state index contributed by atoms with van der Waals surface area (Å²) in [5.74, 6) is 1.01. The lowest BCUT2D eigenvalue weighted by Gasteiger charge is -2.19. The van der Waals surface area contributed by atoms with Gasteiger partial charge in [0.25, 0.3) is 5.69 Å². The molecular weight excluding hydrogens is 498 g/mol. The zero-order chi connectivity index (χ0) is 25.7. The van der Waals surface area contributed by atoms with E-state index in [1.165, 1.54) is 23.9 Å². The normalized spacial score (nSPS) is 12.4. The third-order valence-corrected chi connectivity index (χ3v) is 7.09. The summed E-state index contributed by atoms with van der Waals surface area (Å²) in [7, 11) is -3.59. The van der Waals surface area contributed by atoms with Gasteiger partial charge in [0.05, 0.1) is 17.2 Å². The molecule has 4 aromatic rings. The SMILES string of the molecule is Cc1cccc(CSc2nnc(C(Cc3ccccc3)NS(C)(=O)=O)n2-c2ccc([N+](=O)[O-])cc2)c1. The number of aryl methyl sites for hydroxylation is 1. The summed E-state index contributed by atoms with van der Waals surface area (Å²) in [6.45, 7) is 2.02. The van der Waals surface area contributed by atoms with Crippen molar-refractivity contribution in [2.24, 2.45) is 0 Å². The van der Waals surface area contributed by atoms with E-state index in [-0.39, 0.29) is 5.69 Å². The molecule has 186 valence electrons. The highest BCUT2D eigenvalue weighted by molar-refractivity contribution is 7.98. The molecule has 0 saturated carbocycles. The Balaban J connectivity index is 1.77. The van der Waals surface area contributed by atoms with Crippen LogP contribution in [0.4, 0.5) is 5.69 Å². The maximum Gasteiger partial charge on any atom is 0.269 e. The molecule has 0 aliphatic carbocycles. The topological polar surface area (TPSA) is 120 Å². The highest BCUT2D eigenvalue weighted by atomic mass is 32.2. The Hall–Kier alpha value is -3.54. The molecule has 0 spiro atoms. The van der Waals surface area contributed by atoms with Crippen LogP contribution in [0.2, 0.25) is 0 Å². The molecular formula is C25H25N5O4S2. The first-order valence-electron chi connectivity index (χ1n) is 11.1. The van der Waals surface area contributed by atoms with E-state index in [4.69, 9.17) is 0 Å². The maximum absolute atomic E-state index is 12.3. The molecule has 11 heteroatoms. The van der Waals surface area contributed by atoms with Crippen molar-refractivity contribution in [1.82, 2.24) is 19.5 Å². The number of benzene rings is 3. The standard InChI is InChI=1S/C25H25N5O4S2/c1-18-7-6-10-20(15-18)17-35-25-27-26-24(29(25)21-11-13-22(14-12-21)30(31)32)23(28-36(2,33)34)16-19-8-4-3-5-9-19/h3-15,23,28H,16-17H2,1-2H3. The minimum Gasteiger partial charge on any atom is -0.273 e. The van der Waals surface area contributed by atoms with Gasteiger partial charge in [-0.3, -0.25) is 14.7 Å². The Labute approximate surface area is 213 Å². The number of non-ortho nitro benzene ring substituents is 1. The largest absolute Gasteiger partial charge is 0.273 e. The van der Waals surface area contributed by atoms with Crippen LogP contribution < -0.4 is 4.72 Å². The van der Waals surface area contributed by atoms with E-state index in [0.29, 0.717) is 28.8 Å². The number of nitro benzene ring substituents is 1. The fraction of sp³-hybridized carbons (Fsp3) is 0.200. The smallest absolute Gasteiger partial charge is 0.269 e. The van der Waals surface area contributed by atoms with Crippen LogP contribution in [0, 0.1) is 17.0 Å². The minimum absolute atomic E-state index is 0.0440. The van der Waals surface area contributed by atoms with E-state index < -0.39 is 21.0 Å². The minimum atomic E-state index is -3.59. The molecule has 1 atom stereocenters. The number of thioether (sulfide) groups is 1. The number of rotatable bonds is 10. The Kier molecular flexibility index (Phi) is 7.82. The Bertz CT molecular complexity index is 1460. The number of sulfonamides is 1. The highest BCUT2D eigenvalue weighted by Crippen LogP contribution is 2.30. The van der Waals surface area contributed by atoms with Crippen LogP contribution in [0.5, 0.6) is 0 Å². The number of nitrogens with zero attached hydrogens (tertiary/aromatic N) is 4. The van der Waals surface area contributed by atoms with Crippen LogP contribution in [0.3, 0.4) is 0 Å². The highest BCUT2D eigenvalue weighted by Gasteiger charge is 2.26. The third-order valence-electron chi connectivity index (χ3n) is 5.38.